The first-order valence-electron chi connectivity index (χ1n) is 10.1. The average Bonchev–Trinajstić information content (AvgIpc) is 3.45. The van der Waals surface area contributed by atoms with E-state index in [1.807, 2.05) is 30.3 Å². The first-order chi connectivity index (χ1) is 14.3. The number of fused-ring (bicyclic) bond motifs is 1. The van der Waals surface area contributed by atoms with Gasteiger partial charge in [-0.05, 0) is 43.0 Å². The highest BCUT2D eigenvalue weighted by atomic mass is 16.5. The molecule has 0 amide bonds. The highest BCUT2D eigenvalue weighted by molar-refractivity contribution is 5.57. The molecular weight excluding hydrogens is 366 g/mol. The molecule has 1 unspecified atom stereocenters. The predicted octanol–water partition coefficient (Wildman–Crippen LogP) is 3.20. The van der Waals surface area contributed by atoms with Gasteiger partial charge in [0.1, 0.15) is 17.6 Å². The fourth-order valence-corrected chi connectivity index (χ4v) is 3.78. The molecule has 4 heterocycles. The lowest BCUT2D eigenvalue weighted by Gasteiger charge is -2.14. The minimum Gasteiger partial charge on any atom is -0.472 e. The fourth-order valence-electron chi connectivity index (χ4n) is 3.78. The number of nitrogens with one attached hydrogen (secondary N) is 1. The molecule has 5 rings (SSSR count). The third kappa shape index (κ3) is 4.05. The first-order valence-corrected chi connectivity index (χ1v) is 10.1. The minimum absolute atomic E-state index is 0.0942. The van der Waals surface area contributed by atoms with Crippen LogP contribution in [0, 0.1) is 0 Å². The average molecular weight is 389 g/mol. The Balaban J connectivity index is 1.35. The molecule has 3 aromatic heterocycles. The summed E-state index contributed by atoms with van der Waals surface area (Å²) in [5.74, 6) is 2.22. The van der Waals surface area contributed by atoms with Crippen LogP contribution in [0.5, 0.6) is 5.88 Å². The summed E-state index contributed by atoms with van der Waals surface area (Å²) < 4.78 is 11.3. The normalized spacial score (nSPS) is 17.9. The summed E-state index contributed by atoms with van der Waals surface area (Å²) in [7, 11) is 0. The summed E-state index contributed by atoms with van der Waals surface area (Å²) in [6.45, 7) is 2.03. The van der Waals surface area contributed by atoms with E-state index < -0.39 is 0 Å². The fraction of sp³-hybridized carbons (Fsp3) is 0.364. The Morgan fingerprint density at radius 2 is 2.10 bits per heavy atom. The quantitative estimate of drug-likeness (QED) is 0.693. The molecule has 1 aliphatic carbocycles. The van der Waals surface area contributed by atoms with Gasteiger partial charge in [0, 0.05) is 42.7 Å². The minimum atomic E-state index is 0.0942. The van der Waals surface area contributed by atoms with Crippen molar-refractivity contribution in [3.8, 4) is 17.4 Å². The van der Waals surface area contributed by atoms with Crippen molar-refractivity contribution in [3.05, 3.63) is 59.5 Å². The van der Waals surface area contributed by atoms with Gasteiger partial charge in [-0.1, -0.05) is 6.07 Å². The van der Waals surface area contributed by atoms with Gasteiger partial charge in [0.2, 0.25) is 5.88 Å². The van der Waals surface area contributed by atoms with E-state index in [9.17, 15) is 0 Å². The highest BCUT2D eigenvalue weighted by Gasteiger charge is 2.21. The molecule has 1 N–H and O–H groups in total. The molecule has 0 spiro atoms. The lowest BCUT2D eigenvalue weighted by atomic mass is 10.2. The van der Waals surface area contributed by atoms with E-state index >= 15 is 0 Å². The Labute approximate surface area is 169 Å². The highest BCUT2D eigenvalue weighted by Crippen LogP contribution is 2.29. The molecule has 0 radical (unpaired) electrons. The topological polar surface area (TPSA) is 82.1 Å². The van der Waals surface area contributed by atoms with Gasteiger partial charge in [0.25, 0.3) is 0 Å². The standard InChI is InChI=1S/C22H23N5O2/c1-2-9-23-19(5-1)22-26-18-6-3-4-17(18)21(27-22)25-13-15-7-10-24-20(12-15)29-16-8-11-28-14-16/h1-2,5,7,9-10,12,16H,3-4,6,8,11,13-14H2,(H,25,26,27). The summed E-state index contributed by atoms with van der Waals surface area (Å²) >= 11 is 0. The van der Waals surface area contributed by atoms with Crippen molar-refractivity contribution in [2.45, 2.75) is 38.3 Å². The maximum Gasteiger partial charge on any atom is 0.213 e. The molecule has 0 aromatic carbocycles. The molecule has 7 heteroatoms. The summed E-state index contributed by atoms with van der Waals surface area (Å²) in [5, 5.41) is 3.51. The monoisotopic (exact) mass is 389 g/mol. The second-order valence-corrected chi connectivity index (χ2v) is 7.35. The molecule has 1 aliphatic heterocycles. The first kappa shape index (κ1) is 18.0. The maximum atomic E-state index is 5.92. The van der Waals surface area contributed by atoms with Crippen molar-refractivity contribution in [1.29, 1.82) is 0 Å². The number of nitrogens with zero attached hydrogens (tertiary/aromatic N) is 4. The van der Waals surface area contributed by atoms with Crippen molar-refractivity contribution in [1.82, 2.24) is 19.9 Å². The molecule has 1 saturated heterocycles. The second kappa shape index (κ2) is 8.13. The Morgan fingerprint density at radius 3 is 2.97 bits per heavy atom. The predicted molar refractivity (Wildman–Crippen MR) is 109 cm³/mol. The Morgan fingerprint density at radius 1 is 1.10 bits per heavy atom. The van der Waals surface area contributed by atoms with E-state index in [0.717, 1.165) is 55.1 Å². The van der Waals surface area contributed by atoms with Crippen LogP contribution in [-0.4, -0.2) is 39.3 Å². The molecule has 3 aromatic rings. The van der Waals surface area contributed by atoms with E-state index in [4.69, 9.17) is 19.4 Å². The SMILES string of the molecule is c1ccc(-c2nc3c(c(NCc4ccnc(OC5CCOC5)c4)n2)CCC3)nc1. The summed E-state index contributed by atoms with van der Waals surface area (Å²) in [6, 6.07) is 9.77. The lowest BCUT2D eigenvalue weighted by Crippen LogP contribution is -2.16. The largest absolute Gasteiger partial charge is 0.472 e. The molecule has 7 nitrogen and oxygen atoms in total. The summed E-state index contributed by atoms with van der Waals surface area (Å²) in [6.07, 6.45) is 7.67. The molecule has 0 saturated carbocycles. The van der Waals surface area contributed by atoms with Crippen molar-refractivity contribution in [2.24, 2.45) is 0 Å². The van der Waals surface area contributed by atoms with Crippen LogP contribution < -0.4 is 10.1 Å². The number of rotatable bonds is 6. The number of anilines is 1. The van der Waals surface area contributed by atoms with Gasteiger partial charge in [-0.25, -0.2) is 15.0 Å². The van der Waals surface area contributed by atoms with Gasteiger partial charge in [0.05, 0.1) is 13.2 Å². The number of ether oxygens (including phenoxy) is 2. The van der Waals surface area contributed by atoms with Gasteiger partial charge in [-0.15, -0.1) is 0 Å². The molecule has 1 fully saturated rings. The molecule has 148 valence electrons. The van der Waals surface area contributed by atoms with Gasteiger partial charge in [-0.3, -0.25) is 4.98 Å². The molecule has 2 aliphatic rings. The van der Waals surface area contributed by atoms with Crippen LogP contribution in [0.3, 0.4) is 0 Å². The number of hydrogen-bond donors (Lipinski definition) is 1. The van der Waals surface area contributed by atoms with Gasteiger partial charge < -0.3 is 14.8 Å². The summed E-state index contributed by atoms with van der Waals surface area (Å²) in [4.78, 5) is 18.3. The second-order valence-electron chi connectivity index (χ2n) is 7.35. The number of hydrogen-bond acceptors (Lipinski definition) is 7. The molecule has 29 heavy (non-hydrogen) atoms. The van der Waals surface area contributed by atoms with Crippen LogP contribution in [-0.2, 0) is 24.1 Å². The van der Waals surface area contributed by atoms with E-state index in [-0.39, 0.29) is 6.10 Å². The molecule has 1 atom stereocenters. The number of aryl methyl sites for hydroxylation is 1. The van der Waals surface area contributed by atoms with Gasteiger partial charge >= 0.3 is 0 Å². The number of aromatic nitrogens is 4. The van der Waals surface area contributed by atoms with E-state index in [1.165, 1.54) is 5.56 Å². The van der Waals surface area contributed by atoms with E-state index in [0.29, 0.717) is 24.9 Å². The van der Waals surface area contributed by atoms with Crippen LogP contribution in [0.2, 0.25) is 0 Å². The molecular formula is C22H23N5O2. The lowest BCUT2D eigenvalue weighted by molar-refractivity contribution is 0.138. The smallest absolute Gasteiger partial charge is 0.213 e. The van der Waals surface area contributed by atoms with Crippen molar-refractivity contribution >= 4 is 5.82 Å². The maximum absolute atomic E-state index is 5.92. The zero-order valence-corrected chi connectivity index (χ0v) is 16.2. The molecule has 0 bridgehead atoms. The zero-order valence-electron chi connectivity index (χ0n) is 16.2. The van der Waals surface area contributed by atoms with Crippen LogP contribution in [0.1, 0.15) is 29.7 Å². The van der Waals surface area contributed by atoms with Crippen molar-refractivity contribution in [2.75, 3.05) is 18.5 Å². The van der Waals surface area contributed by atoms with Crippen LogP contribution >= 0.6 is 0 Å². The Bertz CT molecular complexity index is 990. The van der Waals surface area contributed by atoms with Gasteiger partial charge in [0.15, 0.2) is 5.82 Å². The third-order valence-electron chi connectivity index (χ3n) is 5.26. The van der Waals surface area contributed by atoms with E-state index in [1.54, 1.807) is 12.4 Å². The van der Waals surface area contributed by atoms with Crippen LogP contribution in [0.25, 0.3) is 11.5 Å². The Kier molecular flexibility index (Phi) is 5.04. The van der Waals surface area contributed by atoms with Gasteiger partial charge in [-0.2, -0.15) is 0 Å². The van der Waals surface area contributed by atoms with Crippen molar-refractivity contribution < 1.29 is 9.47 Å². The zero-order chi connectivity index (χ0) is 19.5. The third-order valence-corrected chi connectivity index (χ3v) is 5.26. The number of pyridine rings is 2. The van der Waals surface area contributed by atoms with Crippen molar-refractivity contribution in [3.63, 3.8) is 0 Å². The Hall–Kier alpha value is -3.06. The summed E-state index contributed by atoms with van der Waals surface area (Å²) in [5.41, 5.74) is 4.24. The van der Waals surface area contributed by atoms with E-state index in [2.05, 4.69) is 15.3 Å². The van der Waals surface area contributed by atoms with Crippen LogP contribution in [0.4, 0.5) is 5.82 Å². The van der Waals surface area contributed by atoms with Crippen LogP contribution in [0.15, 0.2) is 42.7 Å².